The molecule has 0 amide bonds. The fourth-order valence-electron chi connectivity index (χ4n) is 1.80. The number of hydrogen-bond donors (Lipinski definition) is 1. The summed E-state index contributed by atoms with van der Waals surface area (Å²) in [4.78, 5) is 0. The molecule has 2 rings (SSSR count). The van der Waals surface area contributed by atoms with Crippen LogP contribution in [0.5, 0.6) is 0 Å². The van der Waals surface area contributed by atoms with E-state index in [0.717, 1.165) is 13.0 Å². The molecule has 2 unspecified atom stereocenters. The van der Waals surface area contributed by atoms with Gasteiger partial charge in [-0.25, -0.2) is 0 Å². The van der Waals surface area contributed by atoms with Crippen LogP contribution >= 0.6 is 0 Å². The van der Waals surface area contributed by atoms with E-state index in [1.54, 1.807) is 0 Å². The molecular weight excluding hydrogens is 222 g/mol. The molecule has 6 nitrogen and oxygen atoms in total. The maximum atomic E-state index is 5.64. The van der Waals surface area contributed by atoms with E-state index < -0.39 is 0 Å². The van der Waals surface area contributed by atoms with E-state index in [4.69, 9.17) is 13.9 Å². The van der Waals surface area contributed by atoms with Crippen molar-refractivity contribution >= 4 is 0 Å². The Morgan fingerprint density at radius 1 is 1.35 bits per heavy atom. The van der Waals surface area contributed by atoms with E-state index >= 15 is 0 Å². The monoisotopic (exact) mass is 241 g/mol. The highest BCUT2D eigenvalue weighted by molar-refractivity contribution is 4.92. The standard InChI is InChI=1S/C11H19N3O3/c1-3-8(12-4-2)10-13-14-11(17-10)9-7-15-5-6-16-9/h8-9,12H,3-7H2,1-2H3. The summed E-state index contributed by atoms with van der Waals surface area (Å²) in [6.07, 6.45) is 0.696. The topological polar surface area (TPSA) is 69.4 Å². The van der Waals surface area contributed by atoms with Crippen LogP contribution in [-0.2, 0) is 9.47 Å². The number of aromatic nitrogens is 2. The quantitative estimate of drug-likeness (QED) is 0.835. The SMILES string of the molecule is CCNC(CC)c1nnc(C2COCCO2)o1. The largest absolute Gasteiger partial charge is 0.421 e. The van der Waals surface area contributed by atoms with Gasteiger partial charge in [0.2, 0.25) is 11.8 Å². The zero-order valence-corrected chi connectivity index (χ0v) is 10.3. The van der Waals surface area contributed by atoms with E-state index in [9.17, 15) is 0 Å². The van der Waals surface area contributed by atoms with E-state index in [-0.39, 0.29) is 12.1 Å². The van der Waals surface area contributed by atoms with Gasteiger partial charge in [-0.05, 0) is 13.0 Å². The molecule has 0 aliphatic carbocycles. The second kappa shape index (κ2) is 6.09. The van der Waals surface area contributed by atoms with E-state index in [1.807, 2.05) is 0 Å². The molecule has 1 fully saturated rings. The molecule has 1 N–H and O–H groups in total. The zero-order chi connectivity index (χ0) is 12.1. The molecule has 1 aromatic heterocycles. The Morgan fingerprint density at radius 2 is 2.24 bits per heavy atom. The van der Waals surface area contributed by atoms with E-state index in [1.165, 1.54) is 0 Å². The molecule has 0 spiro atoms. The second-order valence-corrected chi connectivity index (χ2v) is 3.93. The molecule has 6 heteroatoms. The van der Waals surface area contributed by atoms with Gasteiger partial charge < -0.3 is 19.2 Å². The van der Waals surface area contributed by atoms with Gasteiger partial charge >= 0.3 is 0 Å². The van der Waals surface area contributed by atoms with Crippen LogP contribution < -0.4 is 5.32 Å². The number of rotatable bonds is 5. The molecule has 1 aliphatic heterocycles. The number of ether oxygens (including phenoxy) is 2. The summed E-state index contributed by atoms with van der Waals surface area (Å²) in [6.45, 7) is 6.70. The van der Waals surface area contributed by atoms with Crippen molar-refractivity contribution in [2.45, 2.75) is 32.4 Å². The summed E-state index contributed by atoms with van der Waals surface area (Å²) in [7, 11) is 0. The van der Waals surface area contributed by atoms with Crippen LogP contribution in [0.1, 0.15) is 44.2 Å². The number of nitrogens with zero attached hydrogens (tertiary/aromatic N) is 2. The van der Waals surface area contributed by atoms with Gasteiger partial charge in [-0.15, -0.1) is 10.2 Å². The van der Waals surface area contributed by atoms with Gasteiger partial charge in [0.15, 0.2) is 6.10 Å². The Bertz CT molecular complexity index is 317. The summed E-state index contributed by atoms with van der Waals surface area (Å²) < 4.78 is 16.5. The lowest BCUT2D eigenvalue weighted by molar-refractivity contribution is -0.1000. The van der Waals surface area contributed by atoms with Gasteiger partial charge in [0.1, 0.15) is 0 Å². The summed E-state index contributed by atoms with van der Waals surface area (Å²) in [6, 6.07) is 0.116. The fourth-order valence-corrected chi connectivity index (χ4v) is 1.80. The van der Waals surface area contributed by atoms with E-state index in [0.29, 0.717) is 31.6 Å². The molecule has 2 atom stereocenters. The van der Waals surface area contributed by atoms with Crippen molar-refractivity contribution in [2.75, 3.05) is 26.4 Å². The summed E-state index contributed by atoms with van der Waals surface area (Å²) in [5.41, 5.74) is 0. The molecule has 0 aromatic carbocycles. The average Bonchev–Trinajstić information content (AvgIpc) is 2.86. The van der Waals surface area contributed by atoms with Crippen LogP contribution in [0, 0.1) is 0 Å². The normalized spacial score (nSPS) is 22.6. The fraction of sp³-hybridized carbons (Fsp3) is 0.818. The highest BCUT2D eigenvalue weighted by atomic mass is 16.6. The zero-order valence-electron chi connectivity index (χ0n) is 10.3. The van der Waals surface area contributed by atoms with Gasteiger partial charge in [0.05, 0.1) is 25.9 Å². The smallest absolute Gasteiger partial charge is 0.247 e. The van der Waals surface area contributed by atoms with Gasteiger partial charge in [-0.3, -0.25) is 0 Å². The third kappa shape index (κ3) is 3.02. The predicted octanol–water partition coefficient (Wildman–Crippen LogP) is 1.22. The summed E-state index contributed by atoms with van der Waals surface area (Å²) in [5, 5.41) is 11.4. The maximum absolute atomic E-state index is 5.64. The number of nitrogens with one attached hydrogen (secondary N) is 1. The van der Waals surface area contributed by atoms with Crippen molar-refractivity contribution in [1.82, 2.24) is 15.5 Å². The van der Waals surface area contributed by atoms with Gasteiger partial charge in [-0.1, -0.05) is 13.8 Å². The van der Waals surface area contributed by atoms with Gasteiger partial charge in [-0.2, -0.15) is 0 Å². The van der Waals surface area contributed by atoms with Crippen LogP contribution in [0.3, 0.4) is 0 Å². The molecule has 1 aliphatic rings. The highest BCUT2D eigenvalue weighted by Gasteiger charge is 2.24. The average molecular weight is 241 g/mol. The molecule has 1 aromatic rings. The lowest BCUT2D eigenvalue weighted by Crippen LogP contribution is -2.22. The lowest BCUT2D eigenvalue weighted by atomic mass is 10.2. The Morgan fingerprint density at radius 3 is 2.88 bits per heavy atom. The summed E-state index contributed by atoms with van der Waals surface area (Å²) >= 11 is 0. The third-order valence-electron chi connectivity index (χ3n) is 2.70. The van der Waals surface area contributed by atoms with Gasteiger partial charge in [0.25, 0.3) is 0 Å². The highest BCUT2D eigenvalue weighted by Crippen LogP contribution is 2.22. The van der Waals surface area contributed by atoms with Crippen LogP contribution in [0.25, 0.3) is 0 Å². The molecule has 96 valence electrons. The molecule has 0 radical (unpaired) electrons. The maximum Gasteiger partial charge on any atom is 0.247 e. The van der Waals surface area contributed by atoms with Crippen molar-refractivity contribution < 1.29 is 13.9 Å². The van der Waals surface area contributed by atoms with Crippen molar-refractivity contribution in [2.24, 2.45) is 0 Å². The van der Waals surface area contributed by atoms with Crippen LogP contribution in [0.2, 0.25) is 0 Å². The first-order valence-corrected chi connectivity index (χ1v) is 6.11. The first kappa shape index (κ1) is 12.5. The number of hydrogen-bond acceptors (Lipinski definition) is 6. The molecular formula is C11H19N3O3. The van der Waals surface area contributed by atoms with Crippen LogP contribution in [0.15, 0.2) is 4.42 Å². The molecule has 0 bridgehead atoms. The van der Waals surface area contributed by atoms with Crippen molar-refractivity contribution in [3.63, 3.8) is 0 Å². The molecule has 0 saturated carbocycles. The third-order valence-corrected chi connectivity index (χ3v) is 2.70. The first-order valence-electron chi connectivity index (χ1n) is 6.11. The molecule has 17 heavy (non-hydrogen) atoms. The first-order chi connectivity index (χ1) is 8.35. The van der Waals surface area contributed by atoms with Crippen molar-refractivity contribution in [1.29, 1.82) is 0 Å². The van der Waals surface area contributed by atoms with E-state index in [2.05, 4.69) is 29.4 Å². The Labute approximate surface area is 101 Å². The Hall–Kier alpha value is -0.980. The molecule has 2 heterocycles. The van der Waals surface area contributed by atoms with Gasteiger partial charge in [0, 0.05) is 0 Å². The summed E-state index contributed by atoms with van der Waals surface area (Å²) in [5.74, 6) is 1.13. The van der Waals surface area contributed by atoms with Crippen LogP contribution in [0.4, 0.5) is 0 Å². The Balaban J connectivity index is 2.03. The lowest BCUT2D eigenvalue weighted by Gasteiger charge is -2.19. The minimum Gasteiger partial charge on any atom is -0.421 e. The minimum atomic E-state index is -0.218. The molecule has 1 saturated heterocycles. The Kier molecular flexibility index (Phi) is 4.47. The van der Waals surface area contributed by atoms with Crippen molar-refractivity contribution in [3.05, 3.63) is 11.8 Å². The minimum absolute atomic E-state index is 0.116. The van der Waals surface area contributed by atoms with Crippen molar-refractivity contribution in [3.8, 4) is 0 Å². The predicted molar refractivity (Wildman–Crippen MR) is 60.5 cm³/mol. The second-order valence-electron chi connectivity index (χ2n) is 3.93. The van der Waals surface area contributed by atoms with Crippen LogP contribution in [-0.4, -0.2) is 36.6 Å².